The third kappa shape index (κ3) is 4.02. The van der Waals surface area contributed by atoms with Crippen molar-refractivity contribution in [2.75, 3.05) is 31.6 Å². The SMILES string of the molecule is COC(=O)c1ccccc1N1CCN(C2CCC(CN)(c3cccc(Cl)c3)CC2)C1=O. The largest absolute Gasteiger partial charge is 0.465 e. The number of methoxy groups -OCH3 is 1. The van der Waals surface area contributed by atoms with E-state index in [2.05, 4.69) is 6.07 Å². The summed E-state index contributed by atoms with van der Waals surface area (Å²) in [6, 6.07) is 15.2. The molecule has 2 N–H and O–H groups in total. The Kier molecular flexibility index (Phi) is 6.21. The van der Waals surface area contributed by atoms with Crippen molar-refractivity contribution in [3.05, 3.63) is 64.7 Å². The number of esters is 1. The van der Waals surface area contributed by atoms with Gasteiger partial charge < -0.3 is 15.4 Å². The van der Waals surface area contributed by atoms with Gasteiger partial charge in [-0.3, -0.25) is 4.90 Å². The van der Waals surface area contributed by atoms with Gasteiger partial charge in [-0.25, -0.2) is 9.59 Å². The van der Waals surface area contributed by atoms with Crippen molar-refractivity contribution in [3.63, 3.8) is 0 Å². The highest BCUT2D eigenvalue weighted by molar-refractivity contribution is 6.30. The van der Waals surface area contributed by atoms with Crippen molar-refractivity contribution in [2.45, 2.75) is 37.1 Å². The molecular weight excluding hydrogens is 414 g/mol. The van der Waals surface area contributed by atoms with Crippen LogP contribution in [0.5, 0.6) is 0 Å². The van der Waals surface area contributed by atoms with Gasteiger partial charge in [-0.05, 0) is 55.5 Å². The number of nitrogens with zero attached hydrogens (tertiary/aromatic N) is 2. The van der Waals surface area contributed by atoms with Gasteiger partial charge in [0.25, 0.3) is 0 Å². The second kappa shape index (κ2) is 8.89. The molecule has 0 unspecified atom stereocenters. The number of rotatable bonds is 5. The van der Waals surface area contributed by atoms with Gasteiger partial charge in [-0.1, -0.05) is 35.9 Å². The summed E-state index contributed by atoms with van der Waals surface area (Å²) in [5.74, 6) is -0.436. The number of urea groups is 1. The maximum atomic E-state index is 13.3. The number of ether oxygens (including phenoxy) is 1. The summed E-state index contributed by atoms with van der Waals surface area (Å²) in [7, 11) is 1.35. The summed E-state index contributed by atoms with van der Waals surface area (Å²) in [5, 5.41) is 0.724. The number of hydrogen-bond acceptors (Lipinski definition) is 4. The number of amides is 2. The minimum atomic E-state index is -0.436. The molecule has 1 saturated carbocycles. The van der Waals surface area contributed by atoms with Gasteiger partial charge in [-0.2, -0.15) is 0 Å². The normalized spacial score (nSPS) is 23.8. The molecule has 0 spiro atoms. The molecule has 6 nitrogen and oxygen atoms in total. The molecule has 1 aliphatic carbocycles. The summed E-state index contributed by atoms with van der Waals surface area (Å²) < 4.78 is 4.89. The van der Waals surface area contributed by atoms with Crippen LogP contribution >= 0.6 is 11.6 Å². The Bertz CT molecular complexity index is 972. The van der Waals surface area contributed by atoms with Crippen molar-refractivity contribution >= 4 is 29.3 Å². The molecule has 1 saturated heterocycles. The number of halogens is 1. The number of benzene rings is 2. The average molecular weight is 442 g/mol. The lowest BCUT2D eigenvalue weighted by atomic mass is 9.68. The van der Waals surface area contributed by atoms with Crippen LogP contribution in [-0.2, 0) is 10.2 Å². The second-order valence-electron chi connectivity index (χ2n) is 8.36. The van der Waals surface area contributed by atoms with Crippen molar-refractivity contribution in [1.82, 2.24) is 4.90 Å². The zero-order valence-corrected chi connectivity index (χ0v) is 18.5. The summed E-state index contributed by atoms with van der Waals surface area (Å²) in [6.45, 7) is 1.76. The molecule has 2 amide bonds. The fourth-order valence-corrected chi connectivity index (χ4v) is 5.19. The number of carbonyl (C=O) groups is 2. The van der Waals surface area contributed by atoms with Crippen LogP contribution < -0.4 is 10.6 Å². The summed E-state index contributed by atoms with van der Waals surface area (Å²) in [6.07, 6.45) is 3.61. The van der Waals surface area contributed by atoms with Crippen molar-refractivity contribution in [3.8, 4) is 0 Å². The molecule has 2 aliphatic rings. The van der Waals surface area contributed by atoms with E-state index < -0.39 is 5.97 Å². The number of carbonyl (C=O) groups excluding carboxylic acids is 2. The van der Waals surface area contributed by atoms with Crippen molar-refractivity contribution < 1.29 is 14.3 Å². The van der Waals surface area contributed by atoms with Gasteiger partial charge in [0.05, 0.1) is 18.4 Å². The first kappa shape index (κ1) is 21.7. The Balaban J connectivity index is 1.48. The van der Waals surface area contributed by atoms with Crippen LogP contribution in [0.2, 0.25) is 5.02 Å². The molecule has 0 radical (unpaired) electrons. The van der Waals surface area contributed by atoms with Gasteiger partial charge in [0.2, 0.25) is 0 Å². The third-order valence-electron chi connectivity index (χ3n) is 6.82. The molecular formula is C24H28ClN3O3. The Labute approximate surface area is 187 Å². The van der Waals surface area contributed by atoms with Crippen LogP contribution in [0.15, 0.2) is 48.5 Å². The third-order valence-corrected chi connectivity index (χ3v) is 7.06. The fourth-order valence-electron chi connectivity index (χ4n) is 5.00. The molecule has 0 aromatic heterocycles. The van der Waals surface area contributed by atoms with E-state index in [1.807, 2.05) is 29.2 Å². The first-order valence-electron chi connectivity index (χ1n) is 10.7. The molecule has 4 rings (SSSR count). The minimum absolute atomic E-state index is 0.0515. The zero-order valence-electron chi connectivity index (χ0n) is 17.7. The maximum absolute atomic E-state index is 13.3. The van der Waals surface area contributed by atoms with Crippen LogP contribution in [0.25, 0.3) is 0 Å². The molecule has 2 aromatic rings. The van der Waals surface area contributed by atoms with E-state index in [0.717, 1.165) is 30.7 Å². The number of para-hydroxylation sites is 1. The highest BCUT2D eigenvalue weighted by Gasteiger charge is 2.42. The van der Waals surface area contributed by atoms with E-state index in [9.17, 15) is 9.59 Å². The van der Waals surface area contributed by atoms with E-state index in [4.69, 9.17) is 22.1 Å². The molecule has 1 heterocycles. The molecule has 164 valence electrons. The lowest BCUT2D eigenvalue weighted by molar-refractivity contribution is 0.0601. The maximum Gasteiger partial charge on any atom is 0.339 e. The monoisotopic (exact) mass is 441 g/mol. The minimum Gasteiger partial charge on any atom is -0.465 e. The molecule has 0 atom stereocenters. The fraction of sp³-hybridized carbons (Fsp3) is 0.417. The average Bonchev–Trinajstić information content (AvgIpc) is 3.19. The molecule has 2 fully saturated rings. The van der Waals surface area contributed by atoms with Gasteiger partial charge in [0, 0.05) is 36.1 Å². The summed E-state index contributed by atoms with van der Waals surface area (Å²) in [5.41, 5.74) is 8.33. The molecule has 1 aliphatic heterocycles. The molecule has 31 heavy (non-hydrogen) atoms. The van der Waals surface area contributed by atoms with Crippen molar-refractivity contribution in [1.29, 1.82) is 0 Å². The van der Waals surface area contributed by atoms with E-state index in [1.165, 1.54) is 12.7 Å². The van der Waals surface area contributed by atoms with Gasteiger partial charge >= 0.3 is 12.0 Å². The van der Waals surface area contributed by atoms with Gasteiger partial charge in [-0.15, -0.1) is 0 Å². The van der Waals surface area contributed by atoms with E-state index in [0.29, 0.717) is 30.9 Å². The first-order valence-corrected chi connectivity index (χ1v) is 11.1. The summed E-state index contributed by atoms with van der Waals surface area (Å²) >= 11 is 6.22. The van der Waals surface area contributed by atoms with Crippen molar-refractivity contribution in [2.24, 2.45) is 5.73 Å². The molecule has 0 bridgehead atoms. The van der Waals surface area contributed by atoms with E-state index >= 15 is 0 Å². The lowest BCUT2D eigenvalue weighted by Gasteiger charge is -2.42. The predicted octanol–water partition coefficient (Wildman–Crippen LogP) is 4.21. The van der Waals surface area contributed by atoms with Gasteiger partial charge in [0.15, 0.2) is 0 Å². The number of anilines is 1. The Morgan fingerprint density at radius 1 is 1.16 bits per heavy atom. The van der Waals surface area contributed by atoms with Crippen LogP contribution in [0.4, 0.5) is 10.5 Å². The lowest BCUT2D eigenvalue weighted by Crippen LogP contribution is -2.47. The predicted molar refractivity (Wildman–Crippen MR) is 122 cm³/mol. The van der Waals surface area contributed by atoms with Crippen LogP contribution in [0, 0.1) is 0 Å². The van der Waals surface area contributed by atoms with Crippen LogP contribution in [0.1, 0.15) is 41.6 Å². The number of nitrogens with two attached hydrogens (primary N) is 1. The smallest absolute Gasteiger partial charge is 0.339 e. The van der Waals surface area contributed by atoms with E-state index in [1.54, 1.807) is 23.1 Å². The highest BCUT2D eigenvalue weighted by Crippen LogP contribution is 2.41. The van der Waals surface area contributed by atoms with Crippen LogP contribution in [0.3, 0.4) is 0 Å². The topological polar surface area (TPSA) is 75.9 Å². The molecule has 2 aromatic carbocycles. The number of hydrogen-bond donors (Lipinski definition) is 1. The highest BCUT2D eigenvalue weighted by atomic mass is 35.5. The Morgan fingerprint density at radius 3 is 2.58 bits per heavy atom. The zero-order chi connectivity index (χ0) is 22.0. The quantitative estimate of drug-likeness (QED) is 0.705. The van der Waals surface area contributed by atoms with E-state index in [-0.39, 0.29) is 17.5 Å². The Morgan fingerprint density at radius 2 is 1.90 bits per heavy atom. The molecule has 7 heteroatoms. The van der Waals surface area contributed by atoms with Gasteiger partial charge in [0.1, 0.15) is 0 Å². The standard InChI is InChI=1S/C24H28ClN3O3/c1-31-22(29)20-7-2-3-8-21(20)28-14-13-27(23(28)30)19-9-11-24(16-26,12-10-19)17-5-4-6-18(25)15-17/h2-8,15,19H,9-14,16,26H2,1H3. The van der Waals surface area contributed by atoms with Crippen LogP contribution in [-0.4, -0.2) is 49.7 Å². The first-order chi connectivity index (χ1) is 15.0. The summed E-state index contributed by atoms with van der Waals surface area (Å²) in [4.78, 5) is 29.1. The second-order valence-corrected chi connectivity index (χ2v) is 8.80. The Hall–Kier alpha value is -2.57.